The van der Waals surface area contributed by atoms with Crippen LogP contribution in [0.1, 0.15) is 37.3 Å². The molecular formula is C12H13ClFNO. The van der Waals surface area contributed by atoms with Gasteiger partial charge < -0.3 is 5.32 Å². The van der Waals surface area contributed by atoms with Crippen LogP contribution in [-0.2, 0) is 4.79 Å². The fraction of sp³-hybridized carbons (Fsp3) is 0.417. The molecule has 1 aliphatic rings. The summed E-state index contributed by atoms with van der Waals surface area (Å²) < 4.78 is 13.3. The minimum atomic E-state index is -0.433. The van der Waals surface area contributed by atoms with Gasteiger partial charge in [0.05, 0.1) is 11.1 Å². The van der Waals surface area contributed by atoms with Crippen molar-refractivity contribution in [3.8, 4) is 0 Å². The van der Waals surface area contributed by atoms with Crippen LogP contribution in [0.3, 0.4) is 0 Å². The lowest BCUT2D eigenvalue weighted by molar-refractivity contribution is -0.121. The molecule has 1 aromatic carbocycles. The molecule has 0 spiro atoms. The highest BCUT2D eigenvalue weighted by atomic mass is 35.5. The smallest absolute Gasteiger partial charge is 0.220 e. The zero-order valence-corrected chi connectivity index (χ0v) is 9.56. The first-order valence-corrected chi connectivity index (χ1v) is 5.79. The summed E-state index contributed by atoms with van der Waals surface area (Å²) in [6.07, 6.45) is 3.30. The molecule has 0 saturated carbocycles. The Hall–Kier alpha value is -1.09. The molecule has 0 aromatic heterocycles. The van der Waals surface area contributed by atoms with Gasteiger partial charge in [-0.25, -0.2) is 4.39 Å². The summed E-state index contributed by atoms with van der Waals surface area (Å²) in [6.45, 7) is 0. The molecule has 2 nitrogen and oxygen atoms in total. The van der Waals surface area contributed by atoms with Gasteiger partial charge in [0.1, 0.15) is 5.82 Å². The van der Waals surface area contributed by atoms with Gasteiger partial charge in [-0.1, -0.05) is 24.1 Å². The third-order valence-electron chi connectivity index (χ3n) is 2.83. The van der Waals surface area contributed by atoms with E-state index in [9.17, 15) is 9.18 Å². The third kappa shape index (κ3) is 2.53. The molecule has 4 heteroatoms. The molecule has 1 heterocycles. The van der Waals surface area contributed by atoms with Crippen LogP contribution in [0.25, 0.3) is 0 Å². The number of benzene rings is 1. The normalized spacial score (nSPS) is 21.4. The molecule has 86 valence electrons. The Balaban J connectivity index is 2.21. The Morgan fingerprint density at radius 2 is 2.19 bits per heavy atom. The first-order chi connectivity index (χ1) is 7.66. The Kier molecular flexibility index (Phi) is 3.44. The maximum Gasteiger partial charge on any atom is 0.220 e. The molecule has 1 aliphatic heterocycles. The van der Waals surface area contributed by atoms with E-state index in [0.29, 0.717) is 6.42 Å². The Labute approximate surface area is 98.8 Å². The van der Waals surface area contributed by atoms with Crippen LogP contribution in [0.2, 0.25) is 5.02 Å². The molecule has 2 rings (SSSR count). The minimum absolute atomic E-state index is 0.0397. The Bertz CT molecular complexity index is 408. The van der Waals surface area contributed by atoms with Crippen LogP contribution in [0.4, 0.5) is 4.39 Å². The molecule has 1 fully saturated rings. The average Bonchev–Trinajstić information content (AvgIpc) is 2.47. The second-order valence-electron chi connectivity index (χ2n) is 4.04. The van der Waals surface area contributed by atoms with Gasteiger partial charge in [0.25, 0.3) is 0 Å². The maximum atomic E-state index is 13.3. The van der Waals surface area contributed by atoms with Crippen molar-refractivity contribution in [3.05, 3.63) is 34.6 Å². The largest absolute Gasteiger partial charge is 0.349 e. The predicted molar refractivity (Wildman–Crippen MR) is 60.8 cm³/mol. The van der Waals surface area contributed by atoms with Gasteiger partial charge in [0.2, 0.25) is 5.91 Å². The molecule has 0 bridgehead atoms. The Morgan fingerprint density at radius 3 is 2.94 bits per heavy atom. The molecule has 1 amide bonds. The fourth-order valence-corrected chi connectivity index (χ4v) is 2.07. The molecule has 16 heavy (non-hydrogen) atoms. The summed E-state index contributed by atoms with van der Waals surface area (Å²) in [4.78, 5) is 11.4. The molecule has 1 atom stereocenters. The van der Waals surface area contributed by atoms with Gasteiger partial charge in [-0.15, -0.1) is 0 Å². The number of rotatable bonds is 1. The van der Waals surface area contributed by atoms with Crippen molar-refractivity contribution in [1.82, 2.24) is 5.32 Å². The monoisotopic (exact) mass is 241 g/mol. The highest BCUT2D eigenvalue weighted by molar-refractivity contribution is 6.30. The highest BCUT2D eigenvalue weighted by Crippen LogP contribution is 2.25. The van der Waals surface area contributed by atoms with Gasteiger partial charge in [-0.2, -0.15) is 0 Å². The lowest BCUT2D eigenvalue weighted by Gasteiger charge is -2.16. The van der Waals surface area contributed by atoms with E-state index in [2.05, 4.69) is 5.32 Å². The fourth-order valence-electron chi connectivity index (χ4n) is 1.95. The first-order valence-electron chi connectivity index (χ1n) is 5.41. The van der Waals surface area contributed by atoms with Crippen molar-refractivity contribution in [2.24, 2.45) is 0 Å². The van der Waals surface area contributed by atoms with E-state index >= 15 is 0 Å². The molecule has 1 N–H and O–H groups in total. The molecule has 1 aromatic rings. The first kappa shape index (κ1) is 11.4. The van der Waals surface area contributed by atoms with E-state index < -0.39 is 5.82 Å². The van der Waals surface area contributed by atoms with Gasteiger partial charge in [0, 0.05) is 6.42 Å². The van der Waals surface area contributed by atoms with E-state index in [1.165, 1.54) is 12.1 Å². The molecule has 0 aliphatic carbocycles. The number of nitrogens with one attached hydrogen (secondary N) is 1. The molecular weight excluding hydrogens is 229 g/mol. The quantitative estimate of drug-likeness (QED) is 0.804. The second-order valence-corrected chi connectivity index (χ2v) is 4.45. The lowest BCUT2D eigenvalue weighted by atomic mass is 10.0. The number of hydrogen-bond acceptors (Lipinski definition) is 1. The zero-order valence-electron chi connectivity index (χ0n) is 8.80. The van der Waals surface area contributed by atoms with E-state index in [-0.39, 0.29) is 17.0 Å². The van der Waals surface area contributed by atoms with E-state index in [4.69, 9.17) is 11.6 Å². The van der Waals surface area contributed by atoms with Crippen LogP contribution in [0.15, 0.2) is 18.2 Å². The number of halogens is 2. The summed E-state index contributed by atoms with van der Waals surface area (Å²) in [5.41, 5.74) is 0.789. The van der Waals surface area contributed by atoms with Crippen molar-refractivity contribution >= 4 is 17.5 Å². The van der Waals surface area contributed by atoms with E-state index in [1.54, 1.807) is 6.07 Å². The van der Waals surface area contributed by atoms with Crippen LogP contribution in [-0.4, -0.2) is 5.91 Å². The second kappa shape index (κ2) is 4.83. The third-order valence-corrected chi connectivity index (χ3v) is 3.13. The number of amides is 1. The van der Waals surface area contributed by atoms with Crippen molar-refractivity contribution in [1.29, 1.82) is 0 Å². The van der Waals surface area contributed by atoms with E-state index in [0.717, 1.165) is 24.8 Å². The van der Waals surface area contributed by atoms with Crippen molar-refractivity contribution in [2.45, 2.75) is 31.7 Å². The maximum absolute atomic E-state index is 13.3. The van der Waals surface area contributed by atoms with E-state index in [1.807, 2.05) is 0 Å². The minimum Gasteiger partial charge on any atom is -0.349 e. The van der Waals surface area contributed by atoms with Crippen molar-refractivity contribution in [2.75, 3.05) is 0 Å². The summed E-state index contributed by atoms with van der Waals surface area (Å²) in [7, 11) is 0. The van der Waals surface area contributed by atoms with Crippen LogP contribution < -0.4 is 5.32 Å². The average molecular weight is 242 g/mol. The van der Waals surface area contributed by atoms with Crippen LogP contribution >= 0.6 is 11.6 Å². The number of carbonyl (C=O) groups excluding carboxylic acids is 1. The summed E-state index contributed by atoms with van der Waals surface area (Å²) in [6, 6.07) is 4.62. The summed E-state index contributed by atoms with van der Waals surface area (Å²) in [5, 5.41) is 3.01. The molecule has 1 saturated heterocycles. The SMILES string of the molecule is O=C1CCCCC(c2ccc(Cl)c(F)c2)N1. The lowest BCUT2D eigenvalue weighted by Crippen LogP contribution is -2.26. The zero-order chi connectivity index (χ0) is 11.5. The van der Waals surface area contributed by atoms with Crippen molar-refractivity contribution in [3.63, 3.8) is 0 Å². The molecule has 0 radical (unpaired) electrons. The van der Waals surface area contributed by atoms with Gasteiger partial charge >= 0.3 is 0 Å². The van der Waals surface area contributed by atoms with Gasteiger partial charge in [-0.3, -0.25) is 4.79 Å². The predicted octanol–water partition coefficient (Wildman–Crippen LogP) is 3.21. The summed E-state index contributed by atoms with van der Waals surface area (Å²) >= 11 is 5.62. The summed E-state index contributed by atoms with van der Waals surface area (Å²) in [5.74, 6) is -0.393. The van der Waals surface area contributed by atoms with Crippen LogP contribution in [0.5, 0.6) is 0 Å². The molecule has 1 unspecified atom stereocenters. The highest BCUT2D eigenvalue weighted by Gasteiger charge is 2.18. The standard InChI is InChI=1S/C12H13ClFNO/c13-9-6-5-8(7-10(9)14)11-3-1-2-4-12(16)15-11/h5-7,11H,1-4H2,(H,15,16). The van der Waals surface area contributed by atoms with Crippen LogP contribution in [0, 0.1) is 5.82 Å². The number of hydrogen-bond donors (Lipinski definition) is 1. The topological polar surface area (TPSA) is 29.1 Å². The van der Waals surface area contributed by atoms with Gasteiger partial charge in [-0.05, 0) is 30.5 Å². The van der Waals surface area contributed by atoms with Crippen molar-refractivity contribution < 1.29 is 9.18 Å². The number of carbonyl (C=O) groups is 1. The van der Waals surface area contributed by atoms with Gasteiger partial charge in [0.15, 0.2) is 0 Å². The Morgan fingerprint density at radius 1 is 1.38 bits per heavy atom.